The van der Waals surface area contributed by atoms with E-state index in [1.165, 1.54) is 16.5 Å². The quantitative estimate of drug-likeness (QED) is 0.738. The molecule has 15 heavy (non-hydrogen) atoms. The zero-order chi connectivity index (χ0) is 10.8. The molecule has 78 valence electrons. The Labute approximate surface area is 89.8 Å². The van der Waals surface area contributed by atoms with Crippen LogP contribution in [0.4, 0.5) is 0 Å². The van der Waals surface area contributed by atoms with Gasteiger partial charge in [0, 0.05) is 17.5 Å². The fraction of sp³-hybridized carbons (Fsp3) is 0.308. The summed E-state index contributed by atoms with van der Waals surface area (Å²) < 4.78 is 2.09. The van der Waals surface area contributed by atoms with Crippen LogP contribution in [0.15, 0.2) is 36.5 Å². The largest absolute Gasteiger partial charge is 0.387 e. The van der Waals surface area contributed by atoms with Crippen molar-refractivity contribution in [2.75, 3.05) is 0 Å². The normalized spacial score (nSPS) is 13.0. The Kier molecular flexibility index (Phi) is 2.69. The zero-order valence-electron chi connectivity index (χ0n) is 9.14. The summed E-state index contributed by atoms with van der Waals surface area (Å²) in [6.45, 7) is 4.55. The molecule has 0 spiro atoms. The molecule has 1 unspecified atom stereocenters. The van der Waals surface area contributed by atoms with Crippen LogP contribution in [-0.4, -0.2) is 11.2 Å². The lowest BCUT2D eigenvalue weighted by Gasteiger charge is -2.04. The molecular formula is C13H16NO+. The molecule has 2 aromatic rings. The second-order valence-corrected chi connectivity index (χ2v) is 4.02. The van der Waals surface area contributed by atoms with Crippen LogP contribution in [0.2, 0.25) is 0 Å². The molecule has 2 heteroatoms. The van der Waals surface area contributed by atoms with Crippen molar-refractivity contribution in [3.05, 3.63) is 42.1 Å². The van der Waals surface area contributed by atoms with Gasteiger partial charge >= 0.3 is 0 Å². The number of hydrogen-bond acceptors (Lipinski definition) is 1. The third-order valence-electron chi connectivity index (χ3n) is 2.60. The van der Waals surface area contributed by atoms with Crippen LogP contribution in [-0.2, 0) is 6.54 Å². The first-order valence-electron chi connectivity index (χ1n) is 5.24. The van der Waals surface area contributed by atoms with Crippen LogP contribution in [0, 0.1) is 6.92 Å². The SMILES string of the molecule is Cc1cc[n+](CC(C)O)c2ccccc12. The molecule has 0 aliphatic rings. The number of benzene rings is 1. The highest BCUT2D eigenvalue weighted by atomic mass is 16.3. The highest BCUT2D eigenvalue weighted by Crippen LogP contribution is 2.13. The van der Waals surface area contributed by atoms with E-state index in [1.807, 2.05) is 25.3 Å². The molecule has 0 saturated heterocycles. The zero-order valence-corrected chi connectivity index (χ0v) is 9.14. The molecule has 2 nitrogen and oxygen atoms in total. The van der Waals surface area contributed by atoms with E-state index in [1.54, 1.807) is 0 Å². The van der Waals surface area contributed by atoms with E-state index in [4.69, 9.17) is 0 Å². The van der Waals surface area contributed by atoms with Crippen LogP contribution >= 0.6 is 0 Å². The third-order valence-corrected chi connectivity index (χ3v) is 2.60. The Hall–Kier alpha value is -1.41. The van der Waals surface area contributed by atoms with Crippen LogP contribution in [0.3, 0.4) is 0 Å². The number of nitrogens with zero attached hydrogens (tertiary/aromatic N) is 1. The third kappa shape index (κ3) is 2.00. The minimum atomic E-state index is -0.318. The van der Waals surface area contributed by atoms with Crippen molar-refractivity contribution in [2.45, 2.75) is 26.5 Å². The molecule has 0 radical (unpaired) electrons. The van der Waals surface area contributed by atoms with E-state index in [9.17, 15) is 5.11 Å². The molecule has 1 atom stereocenters. The minimum absolute atomic E-state index is 0.318. The van der Waals surface area contributed by atoms with Crippen molar-refractivity contribution < 1.29 is 9.67 Å². The maximum absolute atomic E-state index is 9.41. The predicted molar refractivity (Wildman–Crippen MR) is 60.6 cm³/mol. The molecule has 1 aromatic heterocycles. The standard InChI is InChI=1S/C13H16NO/c1-10-7-8-14(9-11(2)15)13-6-4-3-5-12(10)13/h3-8,11,15H,9H2,1-2H3/q+1. The summed E-state index contributed by atoms with van der Waals surface area (Å²) in [7, 11) is 0. The number of para-hydroxylation sites is 1. The smallest absolute Gasteiger partial charge is 0.212 e. The Morgan fingerprint density at radius 1 is 1.27 bits per heavy atom. The number of aromatic nitrogens is 1. The average molecular weight is 202 g/mol. The summed E-state index contributed by atoms with van der Waals surface area (Å²) in [4.78, 5) is 0. The van der Waals surface area contributed by atoms with Crippen LogP contribution in [0.25, 0.3) is 10.9 Å². The second kappa shape index (κ2) is 3.99. The average Bonchev–Trinajstić information content (AvgIpc) is 2.22. The lowest BCUT2D eigenvalue weighted by atomic mass is 10.1. The number of fused-ring (bicyclic) bond motifs is 1. The molecular weight excluding hydrogens is 186 g/mol. The number of aliphatic hydroxyl groups excluding tert-OH is 1. The number of aliphatic hydroxyl groups is 1. The lowest BCUT2D eigenvalue weighted by Crippen LogP contribution is -2.39. The molecule has 0 aliphatic carbocycles. The van der Waals surface area contributed by atoms with Gasteiger partial charge in [-0.15, -0.1) is 0 Å². The Bertz CT molecular complexity index is 477. The van der Waals surface area contributed by atoms with Crippen molar-refractivity contribution in [3.8, 4) is 0 Å². The van der Waals surface area contributed by atoms with Crippen LogP contribution < -0.4 is 4.57 Å². The predicted octanol–water partition coefficient (Wildman–Crippen LogP) is 1.82. The minimum Gasteiger partial charge on any atom is -0.387 e. The second-order valence-electron chi connectivity index (χ2n) is 4.02. The monoisotopic (exact) mass is 202 g/mol. The molecule has 1 aromatic carbocycles. The molecule has 0 amide bonds. The van der Waals surface area contributed by atoms with Gasteiger partial charge in [0.1, 0.15) is 6.10 Å². The number of rotatable bonds is 2. The molecule has 2 rings (SSSR count). The Morgan fingerprint density at radius 2 is 2.00 bits per heavy atom. The summed E-state index contributed by atoms with van der Waals surface area (Å²) >= 11 is 0. The highest BCUT2D eigenvalue weighted by molar-refractivity contribution is 5.78. The van der Waals surface area contributed by atoms with Gasteiger partial charge < -0.3 is 5.11 Å². The van der Waals surface area contributed by atoms with E-state index < -0.39 is 0 Å². The van der Waals surface area contributed by atoms with Crippen molar-refractivity contribution in [1.82, 2.24) is 0 Å². The van der Waals surface area contributed by atoms with E-state index in [-0.39, 0.29) is 6.10 Å². The van der Waals surface area contributed by atoms with Gasteiger partial charge in [-0.25, -0.2) is 0 Å². The Balaban J connectivity index is 2.61. The van der Waals surface area contributed by atoms with Gasteiger partial charge in [-0.3, -0.25) is 0 Å². The first kappa shape index (κ1) is 10.1. The highest BCUT2D eigenvalue weighted by Gasteiger charge is 2.11. The first-order valence-corrected chi connectivity index (χ1v) is 5.24. The number of aryl methyl sites for hydroxylation is 1. The van der Waals surface area contributed by atoms with E-state index in [2.05, 4.69) is 29.7 Å². The molecule has 1 N–H and O–H groups in total. The molecule has 1 heterocycles. The van der Waals surface area contributed by atoms with Gasteiger partial charge in [-0.2, -0.15) is 4.57 Å². The van der Waals surface area contributed by atoms with E-state index in [0.717, 1.165) is 0 Å². The van der Waals surface area contributed by atoms with E-state index in [0.29, 0.717) is 6.54 Å². The first-order chi connectivity index (χ1) is 7.18. The van der Waals surface area contributed by atoms with Crippen LogP contribution in [0.5, 0.6) is 0 Å². The van der Waals surface area contributed by atoms with Crippen molar-refractivity contribution in [3.63, 3.8) is 0 Å². The Morgan fingerprint density at radius 3 is 2.73 bits per heavy atom. The van der Waals surface area contributed by atoms with Gasteiger partial charge in [0.05, 0.1) is 0 Å². The maximum atomic E-state index is 9.41. The summed E-state index contributed by atoms with van der Waals surface area (Å²) in [5, 5.41) is 10.7. The van der Waals surface area contributed by atoms with Crippen molar-refractivity contribution in [2.24, 2.45) is 0 Å². The summed E-state index contributed by atoms with van der Waals surface area (Å²) in [6.07, 6.45) is 1.71. The lowest BCUT2D eigenvalue weighted by molar-refractivity contribution is -0.678. The van der Waals surface area contributed by atoms with Gasteiger partial charge in [0.2, 0.25) is 5.52 Å². The van der Waals surface area contributed by atoms with Crippen molar-refractivity contribution >= 4 is 10.9 Å². The van der Waals surface area contributed by atoms with Gasteiger partial charge in [0.15, 0.2) is 12.7 Å². The van der Waals surface area contributed by atoms with Gasteiger partial charge in [0.25, 0.3) is 0 Å². The molecule has 0 aliphatic heterocycles. The summed E-state index contributed by atoms with van der Waals surface area (Å²) in [6, 6.07) is 10.4. The number of pyridine rings is 1. The summed E-state index contributed by atoms with van der Waals surface area (Å²) in [5.74, 6) is 0. The topological polar surface area (TPSA) is 24.1 Å². The maximum Gasteiger partial charge on any atom is 0.212 e. The number of hydrogen-bond donors (Lipinski definition) is 1. The fourth-order valence-corrected chi connectivity index (χ4v) is 1.87. The molecule has 0 saturated carbocycles. The summed E-state index contributed by atoms with van der Waals surface area (Å²) in [5.41, 5.74) is 2.45. The van der Waals surface area contributed by atoms with E-state index >= 15 is 0 Å². The van der Waals surface area contributed by atoms with Crippen molar-refractivity contribution in [1.29, 1.82) is 0 Å². The molecule has 0 fully saturated rings. The fourth-order valence-electron chi connectivity index (χ4n) is 1.87. The molecule has 0 bridgehead atoms. The van der Waals surface area contributed by atoms with Gasteiger partial charge in [-0.1, -0.05) is 12.1 Å². The van der Waals surface area contributed by atoms with Gasteiger partial charge in [-0.05, 0) is 25.5 Å². The van der Waals surface area contributed by atoms with Crippen LogP contribution in [0.1, 0.15) is 12.5 Å².